The second-order valence-corrected chi connectivity index (χ2v) is 7.75. The summed E-state index contributed by atoms with van der Waals surface area (Å²) in [6.07, 6.45) is 4.82. The lowest BCUT2D eigenvalue weighted by atomic mass is 10.1. The molecule has 6 nitrogen and oxygen atoms in total. The highest BCUT2D eigenvalue weighted by molar-refractivity contribution is 7.15. The van der Waals surface area contributed by atoms with Crippen molar-refractivity contribution in [3.63, 3.8) is 0 Å². The van der Waals surface area contributed by atoms with E-state index in [-0.39, 0.29) is 12.5 Å². The summed E-state index contributed by atoms with van der Waals surface area (Å²) in [6.45, 7) is 6.37. The van der Waals surface area contributed by atoms with E-state index in [4.69, 9.17) is 9.15 Å². The standard InChI is InChI=1S/C20H26N2O4S/c1-3-25-20(24)18-15(16-9-8-14(2)26-16)13-27-19(18)21-17(23)12-22-10-6-4-5-7-11-22/h8-9,13H,3-7,10-12H2,1-2H3,(H,21,23)/p+1. The van der Waals surface area contributed by atoms with Gasteiger partial charge in [-0.3, -0.25) is 4.79 Å². The van der Waals surface area contributed by atoms with E-state index < -0.39 is 5.97 Å². The number of rotatable bonds is 6. The molecule has 2 aromatic rings. The molecule has 1 fully saturated rings. The number of amides is 1. The Labute approximate surface area is 163 Å². The number of quaternary nitrogens is 1. The number of nitrogens with one attached hydrogen (secondary N) is 2. The maximum atomic E-state index is 12.6. The molecule has 2 N–H and O–H groups in total. The molecular formula is C20H27N2O4S+. The van der Waals surface area contributed by atoms with Crippen LogP contribution in [0.3, 0.4) is 0 Å². The van der Waals surface area contributed by atoms with Gasteiger partial charge in [0.1, 0.15) is 22.1 Å². The Balaban J connectivity index is 1.78. The first-order chi connectivity index (χ1) is 13.1. The zero-order valence-corrected chi connectivity index (χ0v) is 16.7. The van der Waals surface area contributed by atoms with Crippen LogP contribution in [0.2, 0.25) is 0 Å². The van der Waals surface area contributed by atoms with Crippen LogP contribution in [0.25, 0.3) is 11.3 Å². The first-order valence-electron chi connectivity index (χ1n) is 9.57. The third kappa shape index (κ3) is 4.99. The van der Waals surface area contributed by atoms with Gasteiger partial charge >= 0.3 is 5.97 Å². The molecule has 0 aromatic carbocycles. The van der Waals surface area contributed by atoms with E-state index in [1.807, 2.05) is 24.4 Å². The molecule has 0 saturated carbocycles. The number of furan rings is 1. The third-order valence-electron chi connectivity index (χ3n) is 4.75. The van der Waals surface area contributed by atoms with Crippen molar-refractivity contribution in [2.24, 2.45) is 0 Å². The number of aryl methyl sites for hydroxylation is 1. The number of hydrogen-bond donors (Lipinski definition) is 2. The molecule has 0 atom stereocenters. The Hall–Kier alpha value is -2.12. The molecule has 3 rings (SSSR count). The van der Waals surface area contributed by atoms with Crippen LogP contribution in [0.1, 0.15) is 48.7 Å². The molecule has 0 radical (unpaired) electrons. The lowest BCUT2D eigenvalue weighted by molar-refractivity contribution is -0.890. The van der Waals surface area contributed by atoms with Gasteiger partial charge in [-0.2, -0.15) is 0 Å². The van der Waals surface area contributed by atoms with Gasteiger partial charge in [-0.25, -0.2) is 4.79 Å². The Kier molecular flexibility index (Phi) is 6.68. The molecule has 0 aliphatic carbocycles. The summed E-state index contributed by atoms with van der Waals surface area (Å²) in [5.41, 5.74) is 1.03. The molecule has 3 heterocycles. The molecule has 1 saturated heterocycles. The molecular weight excluding hydrogens is 364 g/mol. The number of ether oxygens (including phenoxy) is 1. The Morgan fingerprint density at radius 3 is 2.59 bits per heavy atom. The van der Waals surface area contributed by atoms with E-state index in [1.54, 1.807) is 6.92 Å². The second kappa shape index (κ2) is 9.19. The predicted molar refractivity (Wildman–Crippen MR) is 105 cm³/mol. The van der Waals surface area contributed by atoms with E-state index >= 15 is 0 Å². The van der Waals surface area contributed by atoms with Crippen LogP contribution in [0.4, 0.5) is 5.00 Å². The van der Waals surface area contributed by atoms with E-state index in [0.717, 1.165) is 31.7 Å². The maximum Gasteiger partial charge on any atom is 0.341 e. The van der Waals surface area contributed by atoms with Crippen LogP contribution in [0.15, 0.2) is 21.9 Å². The fraction of sp³-hybridized carbons (Fsp3) is 0.500. The zero-order valence-electron chi connectivity index (χ0n) is 15.9. The van der Waals surface area contributed by atoms with Gasteiger partial charge in [0.25, 0.3) is 5.91 Å². The highest BCUT2D eigenvalue weighted by atomic mass is 32.1. The number of thiophene rings is 1. The van der Waals surface area contributed by atoms with E-state index in [2.05, 4.69) is 5.32 Å². The fourth-order valence-electron chi connectivity index (χ4n) is 3.42. The number of carbonyl (C=O) groups is 2. The Morgan fingerprint density at radius 2 is 1.96 bits per heavy atom. The van der Waals surface area contributed by atoms with Crippen molar-refractivity contribution in [1.82, 2.24) is 0 Å². The van der Waals surface area contributed by atoms with Gasteiger partial charge in [0, 0.05) is 10.9 Å². The number of hydrogen-bond acceptors (Lipinski definition) is 5. The summed E-state index contributed by atoms with van der Waals surface area (Å²) in [6, 6.07) is 3.68. The summed E-state index contributed by atoms with van der Waals surface area (Å²) < 4.78 is 10.9. The van der Waals surface area contributed by atoms with Gasteiger partial charge in [-0.15, -0.1) is 11.3 Å². The van der Waals surface area contributed by atoms with Gasteiger partial charge in [0.15, 0.2) is 6.54 Å². The van der Waals surface area contributed by atoms with Crippen molar-refractivity contribution in [2.45, 2.75) is 39.5 Å². The van der Waals surface area contributed by atoms with Crippen molar-refractivity contribution in [2.75, 3.05) is 31.6 Å². The van der Waals surface area contributed by atoms with Gasteiger partial charge in [0.05, 0.1) is 19.7 Å². The Morgan fingerprint density at radius 1 is 1.22 bits per heavy atom. The molecule has 27 heavy (non-hydrogen) atoms. The predicted octanol–water partition coefficient (Wildman–Crippen LogP) is 2.89. The summed E-state index contributed by atoms with van der Waals surface area (Å²) in [4.78, 5) is 26.4. The quantitative estimate of drug-likeness (QED) is 0.743. The monoisotopic (exact) mass is 391 g/mol. The minimum atomic E-state index is -0.444. The molecule has 7 heteroatoms. The van der Waals surface area contributed by atoms with Crippen molar-refractivity contribution in [1.29, 1.82) is 0 Å². The summed E-state index contributed by atoms with van der Waals surface area (Å²) in [7, 11) is 0. The summed E-state index contributed by atoms with van der Waals surface area (Å²) in [5, 5.41) is 5.29. The average molecular weight is 392 g/mol. The molecule has 1 aliphatic rings. The topological polar surface area (TPSA) is 73.0 Å². The number of carbonyl (C=O) groups excluding carboxylic acids is 2. The average Bonchev–Trinajstić information content (AvgIpc) is 3.15. The van der Waals surface area contributed by atoms with Gasteiger partial charge in [-0.1, -0.05) is 0 Å². The van der Waals surface area contributed by atoms with Crippen LogP contribution in [-0.2, 0) is 9.53 Å². The normalized spacial score (nSPS) is 15.3. The Bertz CT molecular complexity index is 788. The minimum Gasteiger partial charge on any atom is -0.462 e. The van der Waals surface area contributed by atoms with E-state index in [9.17, 15) is 9.59 Å². The summed E-state index contributed by atoms with van der Waals surface area (Å²) in [5.74, 6) is 0.855. The molecule has 0 spiro atoms. The lowest BCUT2D eigenvalue weighted by Gasteiger charge is -2.16. The van der Waals surface area contributed by atoms with E-state index in [1.165, 1.54) is 29.1 Å². The smallest absolute Gasteiger partial charge is 0.341 e. The number of esters is 1. The van der Waals surface area contributed by atoms with Crippen molar-refractivity contribution in [3.8, 4) is 11.3 Å². The van der Waals surface area contributed by atoms with Gasteiger partial charge < -0.3 is 19.4 Å². The zero-order chi connectivity index (χ0) is 19.2. The van der Waals surface area contributed by atoms with Crippen molar-refractivity contribution in [3.05, 3.63) is 28.8 Å². The van der Waals surface area contributed by atoms with Crippen LogP contribution >= 0.6 is 11.3 Å². The van der Waals surface area contributed by atoms with Gasteiger partial charge in [0.2, 0.25) is 0 Å². The maximum absolute atomic E-state index is 12.6. The van der Waals surface area contributed by atoms with Crippen LogP contribution < -0.4 is 10.2 Å². The molecule has 0 bridgehead atoms. The van der Waals surface area contributed by atoms with Crippen molar-refractivity contribution >= 4 is 28.2 Å². The van der Waals surface area contributed by atoms with Crippen LogP contribution in [-0.4, -0.2) is 38.1 Å². The van der Waals surface area contributed by atoms with Gasteiger partial charge in [-0.05, 0) is 51.7 Å². The summed E-state index contributed by atoms with van der Waals surface area (Å²) >= 11 is 1.33. The van der Waals surface area contributed by atoms with Crippen LogP contribution in [0, 0.1) is 6.92 Å². The minimum absolute atomic E-state index is 0.0681. The molecule has 2 aromatic heterocycles. The molecule has 1 amide bonds. The fourth-order valence-corrected chi connectivity index (χ4v) is 4.37. The second-order valence-electron chi connectivity index (χ2n) is 6.87. The molecule has 1 aliphatic heterocycles. The third-order valence-corrected chi connectivity index (χ3v) is 5.65. The number of anilines is 1. The highest BCUT2D eigenvalue weighted by Gasteiger charge is 2.25. The molecule has 146 valence electrons. The van der Waals surface area contributed by atoms with Crippen LogP contribution in [0.5, 0.6) is 0 Å². The lowest BCUT2D eigenvalue weighted by Crippen LogP contribution is -3.12. The first-order valence-corrected chi connectivity index (χ1v) is 10.4. The number of likely N-dealkylation sites (tertiary alicyclic amines) is 1. The van der Waals surface area contributed by atoms with E-state index in [0.29, 0.717) is 28.4 Å². The first kappa shape index (κ1) is 19.6. The molecule has 0 unspecified atom stereocenters. The highest BCUT2D eigenvalue weighted by Crippen LogP contribution is 2.36. The van der Waals surface area contributed by atoms with Crippen molar-refractivity contribution < 1.29 is 23.6 Å². The SMILES string of the molecule is CCOC(=O)c1c(-c2ccc(C)o2)csc1NC(=O)C[NH+]1CCCCCC1. The largest absolute Gasteiger partial charge is 0.462 e.